The Balaban J connectivity index is 1.57. The number of rotatable bonds is 6. The molecular weight excluding hydrogens is 234 g/mol. The number of fused-ring (bicyclic) bond motifs is 1. The molecule has 2 heteroatoms. The second-order valence-electron chi connectivity index (χ2n) is 6.77. The van der Waals surface area contributed by atoms with E-state index in [1.165, 1.54) is 31.4 Å². The van der Waals surface area contributed by atoms with Gasteiger partial charge >= 0.3 is 0 Å². The normalized spacial score (nSPS) is 23.2. The molecule has 1 saturated carbocycles. The number of ether oxygens (including phenoxy) is 1. The summed E-state index contributed by atoms with van der Waals surface area (Å²) in [6, 6.07) is 8.55. The van der Waals surface area contributed by atoms with Crippen molar-refractivity contribution in [3.8, 4) is 5.75 Å². The molecule has 1 aromatic rings. The number of para-hydroxylation sites is 1. The molecule has 0 aromatic heterocycles. The van der Waals surface area contributed by atoms with Crippen molar-refractivity contribution in [2.75, 3.05) is 19.7 Å². The summed E-state index contributed by atoms with van der Waals surface area (Å²) in [7, 11) is 0. The van der Waals surface area contributed by atoms with Crippen LogP contribution in [-0.4, -0.2) is 19.7 Å². The molecule has 0 bridgehead atoms. The molecule has 1 heterocycles. The Morgan fingerprint density at radius 3 is 2.84 bits per heavy atom. The van der Waals surface area contributed by atoms with E-state index in [1.807, 2.05) is 0 Å². The first kappa shape index (κ1) is 13.0. The highest BCUT2D eigenvalue weighted by atomic mass is 16.5. The Kier molecular flexibility index (Phi) is 3.53. The Labute approximate surface area is 116 Å². The van der Waals surface area contributed by atoms with Gasteiger partial charge in [-0.15, -0.1) is 0 Å². The second kappa shape index (κ2) is 5.16. The van der Waals surface area contributed by atoms with E-state index in [9.17, 15) is 0 Å². The fourth-order valence-corrected chi connectivity index (χ4v) is 3.18. The zero-order valence-electron chi connectivity index (χ0n) is 12.1. The van der Waals surface area contributed by atoms with E-state index in [-0.39, 0.29) is 0 Å². The smallest absolute Gasteiger partial charge is 0.122 e. The summed E-state index contributed by atoms with van der Waals surface area (Å²) in [5, 5.41) is 3.64. The zero-order valence-corrected chi connectivity index (χ0v) is 12.1. The molecule has 0 amide bonds. The molecule has 0 saturated heterocycles. The minimum Gasteiger partial charge on any atom is -0.493 e. The van der Waals surface area contributed by atoms with Gasteiger partial charge in [0.25, 0.3) is 0 Å². The minimum atomic E-state index is 0.556. The molecule has 1 unspecified atom stereocenters. The van der Waals surface area contributed by atoms with Gasteiger partial charge in [0, 0.05) is 18.0 Å². The predicted octanol–water partition coefficient (Wildman–Crippen LogP) is 3.58. The van der Waals surface area contributed by atoms with Crippen LogP contribution >= 0.6 is 0 Å². The van der Waals surface area contributed by atoms with Crippen molar-refractivity contribution in [3.63, 3.8) is 0 Å². The van der Waals surface area contributed by atoms with Crippen LogP contribution in [0.3, 0.4) is 0 Å². The lowest BCUT2D eigenvalue weighted by Gasteiger charge is -2.20. The van der Waals surface area contributed by atoms with Gasteiger partial charge in [0.15, 0.2) is 0 Å². The molecule has 19 heavy (non-hydrogen) atoms. The fourth-order valence-electron chi connectivity index (χ4n) is 3.18. The summed E-state index contributed by atoms with van der Waals surface area (Å²) in [4.78, 5) is 0. The lowest BCUT2D eigenvalue weighted by molar-refractivity contribution is 0.294. The maximum absolute atomic E-state index is 5.81. The zero-order chi connectivity index (χ0) is 13.3. The van der Waals surface area contributed by atoms with E-state index in [0.29, 0.717) is 11.3 Å². The van der Waals surface area contributed by atoms with E-state index in [4.69, 9.17) is 4.74 Å². The van der Waals surface area contributed by atoms with Crippen molar-refractivity contribution in [2.45, 2.75) is 39.0 Å². The topological polar surface area (TPSA) is 21.3 Å². The Hall–Kier alpha value is -1.02. The van der Waals surface area contributed by atoms with Crippen molar-refractivity contribution in [3.05, 3.63) is 29.8 Å². The van der Waals surface area contributed by atoms with Crippen molar-refractivity contribution in [1.82, 2.24) is 5.32 Å². The number of hydrogen-bond acceptors (Lipinski definition) is 2. The molecule has 1 aliphatic carbocycles. The van der Waals surface area contributed by atoms with Gasteiger partial charge < -0.3 is 10.1 Å². The average molecular weight is 259 g/mol. The van der Waals surface area contributed by atoms with Gasteiger partial charge in [0.1, 0.15) is 5.75 Å². The lowest BCUT2D eigenvalue weighted by Crippen LogP contribution is -2.28. The molecule has 2 aliphatic rings. The standard InChI is InChI=1S/C17H25NO/c1-13(2)10-18-12-17(7-8-17)9-14-11-19-16-6-4-3-5-15(14)16/h3-6,13-14,18H,7-12H2,1-2H3. The largest absolute Gasteiger partial charge is 0.493 e. The van der Waals surface area contributed by atoms with Crippen LogP contribution in [0, 0.1) is 11.3 Å². The molecule has 1 fully saturated rings. The van der Waals surface area contributed by atoms with E-state index >= 15 is 0 Å². The summed E-state index contributed by atoms with van der Waals surface area (Å²) in [6.07, 6.45) is 4.06. The first-order valence-corrected chi connectivity index (χ1v) is 7.61. The maximum Gasteiger partial charge on any atom is 0.122 e. The van der Waals surface area contributed by atoms with Crippen LogP contribution in [0.4, 0.5) is 0 Å². The Morgan fingerprint density at radius 2 is 2.11 bits per heavy atom. The first-order valence-electron chi connectivity index (χ1n) is 7.61. The van der Waals surface area contributed by atoms with Crippen LogP contribution in [0.15, 0.2) is 24.3 Å². The van der Waals surface area contributed by atoms with Crippen LogP contribution < -0.4 is 10.1 Å². The van der Waals surface area contributed by atoms with Gasteiger partial charge in [0.05, 0.1) is 6.61 Å². The Morgan fingerprint density at radius 1 is 1.32 bits per heavy atom. The highest BCUT2D eigenvalue weighted by Gasteiger charge is 2.45. The van der Waals surface area contributed by atoms with Gasteiger partial charge in [0.2, 0.25) is 0 Å². The van der Waals surface area contributed by atoms with Gasteiger partial charge in [-0.25, -0.2) is 0 Å². The van der Waals surface area contributed by atoms with Crippen LogP contribution in [-0.2, 0) is 0 Å². The third-order valence-electron chi connectivity index (χ3n) is 4.49. The number of hydrogen-bond donors (Lipinski definition) is 1. The van der Waals surface area contributed by atoms with Gasteiger partial charge in [-0.05, 0) is 43.2 Å². The van der Waals surface area contributed by atoms with Gasteiger partial charge in [-0.1, -0.05) is 32.0 Å². The molecule has 0 radical (unpaired) electrons. The fraction of sp³-hybridized carbons (Fsp3) is 0.647. The molecule has 0 spiro atoms. The molecule has 1 atom stereocenters. The monoisotopic (exact) mass is 259 g/mol. The average Bonchev–Trinajstić information content (AvgIpc) is 3.03. The van der Waals surface area contributed by atoms with Crippen molar-refractivity contribution in [2.24, 2.45) is 11.3 Å². The van der Waals surface area contributed by atoms with Crippen LogP contribution in [0.25, 0.3) is 0 Å². The van der Waals surface area contributed by atoms with Crippen LogP contribution in [0.1, 0.15) is 44.6 Å². The van der Waals surface area contributed by atoms with Crippen LogP contribution in [0.2, 0.25) is 0 Å². The molecule has 1 aliphatic heterocycles. The van der Waals surface area contributed by atoms with E-state index < -0.39 is 0 Å². The lowest BCUT2D eigenvalue weighted by atomic mass is 9.88. The number of benzene rings is 1. The van der Waals surface area contributed by atoms with Crippen molar-refractivity contribution < 1.29 is 4.74 Å². The number of nitrogens with one attached hydrogen (secondary N) is 1. The molecular formula is C17H25NO. The minimum absolute atomic E-state index is 0.556. The van der Waals surface area contributed by atoms with Crippen LogP contribution in [0.5, 0.6) is 5.75 Å². The highest BCUT2D eigenvalue weighted by Crippen LogP contribution is 2.53. The summed E-state index contributed by atoms with van der Waals surface area (Å²) >= 11 is 0. The summed E-state index contributed by atoms with van der Waals surface area (Å²) in [5.41, 5.74) is 1.98. The third kappa shape index (κ3) is 2.94. The molecule has 1 aromatic carbocycles. The Bertz CT molecular complexity index is 437. The summed E-state index contributed by atoms with van der Waals surface area (Å²) < 4.78 is 5.81. The van der Waals surface area contributed by atoms with Crippen molar-refractivity contribution in [1.29, 1.82) is 0 Å². The maximum atomic E-state index is 5.81. The summed E-state index contributed by atoms with van der Waals surface area (Å²) in [6.45, 7) is 7.75. The predicted molar refractivity (Wildman–Crippen MR) is 78.7 cm³/mol. The van der Waals surface area contributed by atoms with E-state index in [2.05, 4.69) is 43.4 Å². The second-order valence-corrected chi connectivity index (χ2v) is 6.77. The first-order chi connectivity index (χ1) is 9.19. The third-order valence-corrected chi connectivity index (χ3v) is 4.49. The highest BCUT2D eigenvalue weighted by molar-refractivity contribution is 5.39. The van der Waals surface area contributed by atoms with Crippen molar-refractivity contribution >= 4 is 0 Å². The molecule has 3 rings (SSSR count). The van der Waals surface area contributed by atoms with Gasteiger partial charge in [-0.2, -0.15) is 0 Å². The van der Waals surface area contributed by atoms with Gasteiger partial charge in [-0.3, -0.25) is 0 Å². The summed E-state index contributed by atoms with van der Waals surface area (Å²) in [5.74, 6) is 2.46. The molecule has 1 N–H and O–H groups in total. The SMILES string of the molecule is CC(C)CNCC1(CC2COc3ccccc32)CC1. The quantitative estimate of drug-likeness (QED) is 0.843. The van der Waals surface area contributed by atoms with E-state index in [0.717, 1.165) is 24.8 Å². The van der Waals surface area contributed by atoms with E-state index in [1.54, 1.807) is 0 Å². The molecule has 104 valence electrons. The molecule has 2 nitrogen and oxygen atoms in total.